The van der Waals surface area contributed by atoms with E-state index >= 15 is 0 Å². The van der Waals surface area contributed by atoms with Gasteiger partial charge in [-0.25, -0.2) is 4.79 Å². The number of carbonyl (C=O) groups is 2. The van der Waals surface area contributed by atoms with Crippen LogP contribution in [0.4, 0.5) is 5.69 Å². The second kappa shape index (κ2) is 7.02. The monoisotopic (exact) mass is 385 g/mol. The number of esters is 1. The Morgan fingerprint density at radius 1 is 1.14 bits per heavy atom. The number of benzene rings is 2. The van der Waals surface area contributed by atoms with Crippen molar-refractivity contribution in [1.29, 1.82) is 5.26 Å². The highest BCUT2D eigenvalue weighted by atomic mass is 16.5. The first-order valence-corrected chi connectivity index (χ1v) is 8.66. The Morgan fingerprint density at radius 3 is 2.52 bits per heavy atom. The standard InChI is InChI=1S/C22H15N3O4/c1-28-22(27)20-19(24)15(11-23)12-25(20)16-8-6-13(7-9-16)21(26)18-10-14-4-2-3-5-17(14)29-18/h2-10,12H,24H2,1H3. The van der Waals surface area contributed by atoms with Gasteiger partial charge in [0.05, 0.1) is 18.4 Å². The predicted octanol–water partition coefficient (Wildman–Crippen LogP) is 3.69. The minimum Gasteiger partial charge on any atom is -0.464 e. The van der Waals surface area contributed by atoms with Crippen molar-refractivity contribution in [2.24, 2.45) is 0 Å². The minimum atomic E-state index is -0.661. The summed E-state index contributed by atoms with van der Waals surface area (Å²) >= 11 is 0. The van der Waals surface area contributed by atoms with Gasteiger partial charge in [0.1, 0.15) is 11.7 Å². The van der Waals surface area contributed by atoms with Crippen molar-refractivity contribution in [3.63, 3.8) is 0 Å². The molecule has 0 bridgehead atoms. The third-order valence-electron chi connectivity index (χ3n) is 4.60. The lowest BCUT2D eigenvalue weighted by Crippen LogP contribution is -2.11. The molecule has 0 atom stereocenters. The van der Waals surface area contributed by atoms with Gasteiger partial charge >= 0.3 is 5.97 Å². The van der Waals surface area contributed by atoms with E-state index < -0.39 is 5.97 Å². The molecule has 0 aliphatic rings. The van der Waals surface area contributed by atoms with E-state index in [1.807, 2.05) is 24.3 Å². The van der Waals surface area contributed by atoms with Crippen LogP contribution in [-0.4, -0.2) is 23.4 Å². The van der Waals surface area contributed by atoms with Gasteiger partial charge in [0.2, 0.25) is 5.78 Å². The highest BCUT2D eigenvalue weighted by molar-refractivity contribution is 6.09. The van der Waals surface area contributed by atoms with Crippen LogP contribution in [0.1, 0.15) is 32.2 Å². The molecule has 2 aromatic heterocycles. The van der Waals surface area contributed by atoms with Crippen LogP contribution in [0, 0.1) is 11.3 Å². The molecule has 7 heteroatoms. The number of ketones is 1. The number of nitriles is 1. The lowest BCUT2D eigenvalue weighted by Gasteiger charge is -2.09. The predicted molar refractivity (Wildman–Crippen MR) is 106 cm³/mol. The van der Waals surface area contributed by atoms with Crippen molar-refractivity contribution in [3.05, 3.63) is 83.4 Å². The van der Waals surface area contributed by atoms with E-state index in [2.05, 4.69) is 0 Å². The molecular formula is C22H15N3O4. The molecule has 2 heterocycles. The van der Waals surface area contributed by atoms with Gasteiger partial charge in [-0.2, -0.15) is 5.26 Å². The van der Waals surface area contributed by atoms with E-state index in [0.717, 1.165) is 5.39 Å². The third-order valence-corrected chi connectivity index (χ3v) is 4.60. The van der Waals surface area contributed by atoms with Crippen LogP contribution >= 0.6 is 0 Å². The molecule has 142 valence electrons. The number of furan rings is 1. The minimum absolute atomic E-state index is 0.0433. The fraction of sp³-hybridized carbons (Fsp3) is 0.0455. The van der Waals surface area contributed by atoms with Crippen LogP contribution in [0.15, 0.2) is 65.2 Å². The summed E-state index contributed by atoms with van der Waals surface area (Å²) in [6.45, 7) is 0. The lowest BCUT2D eigenvalue weighted by molar-refractivity contribution is 0.0593. The van der Waals surface area contributed by atoms with Crippen molar-refractivity contribution in [2.45, 2.75) is 0 Å². The number of para-hydroxylation sites is 1. The zero-order valence-corrected chi connectivity index (χ0v) is 15.4. The van der Waals surface area contributed by atoms with Crippen molar-refractivity contribution in [1.82, 2.24) is 4.57 Å². The van der Waals surface area contributed by atoms with Crippen LogP contribution in [0.25, 0.3) is 16.7 Å². The third kappa shape index (κ3) is 3.03. The Labute approximate surface area is 165 Å². The number of hydrogen-bond acceptors (Lipinski definition) is 6. The normalized spacial score (nSPS) is 10.6. The van der Waals surface area contributed by atoms with E-state index in [1.165, 1.54) is 17.9 Å². The zero-order valence-electron chi connectivity index (χ0n) is 15.4. The highest BCUT2D eigenvalue weighted by Crippen LogP contribution is 2.26. The van der Waals surface area contributed by atoms with Gasteiger partial charge in [0.15, 0.2) is 11.5 Å². The van der Waals surface area contributed by atoms with Gasteiger partial charge in [0, 0.05) is 22.8 Å². The maximum absolute atomic E-state index is 12.8. The average Bonchev–Trinajstić information content (AvgIpc) is 3.33. The van der Waals surface area contributed by atoms with Crippen molar-refractivity contribution in [2.75, 3.05) is 12.8 Å². The van der Waals surface area contributed by atoms with E-state index in [-0.39, 0.29) is 28.5 Å². The quantitative estimate of drug-likeness (QED) is 0.424. The molecule has 0 unspecified atom stereocenters. The fourth-order valence-corrected chi connectivity index (χ4v) is 3.13. The van der Waals surface area contributed by atoms with E-state index in [9.17, 15) is 14.9 Å². The molecule has 29 heavy (non-hydrogen) atoms. The number of nitrogens with two attached hydrogens (primary N) is 1. The van der Waals surface area contributed by atoms with Crippen LogP contribution in [0.2, 0.25) is 0 Å². The van der Waals surface area contributed by atoms with Gasteiger partial charge in [-0.3, -0.25) is 4.79 Å². The maximum Gasteiger partial charge on any atom is 0.357 e. The molecule has 0 aliphatic carbocycles. The van der Waals surface area contributed by atoms with Crippen molar-refractivity contribution in [3.8, 4) is 11.8 Å². The molecular weight excluding hydrogens is 370 g/mol. The number of nitrogens with zero attached hydrogens (tertiary/aromatic N) is 2. The fourth-order valence-electron chi connectivity index (χ4n) is 3.13. The van der Waals surface area contributed by atoms with Crippen LogP contribution < -0.4 is 5.73 Å². The zero-order chi connectivity index (χ0) is 20.5. The number of anilines is 1. The molecule has 0 radical (unpaired) electrons. The molecule has 2 aromatic carbocycles. The summed E-state index contributed by atoms with van der Waals surface area (Å²) in [6.07, 6.45) is 1.46. The van der Waals surface area contributed by atoms with E-state index in [1.54, 1.807) is 36.4 Å². The molecule has 0 spiro atoms. The summed E-state index contributed by atoms with van der Waals surface area (Å²) in [6, 6.07) is 17.6. The van der Waals surface area contributed by atoms with Crippen molar-refractivity contribution < 1.29 is 18.7 Å². The molecule has 0 amide bonds. The molecule has 0 saturated carbocycles. The average molecular weight is 385 g/mol. The summed E-state index contributed by atoms with van der Waals surface area (Å²) in [5, 5.41) is 10.1. The lowest BCUT2D eigenvalue weighted by atomic mass is 10.1. The molecule has 0 saturated heterocycles. The Hall–Kier alpha value is -4.31. The summed E-state index contributed by atoms with van der Waals surface area (Å²) in [4.78, 5) is 24.9. The smallest absolute Gasteiger partial charge is 0.357 e. The molecule has 4 rings (SSSR count). The van der Waals surface area contributed by atoms with E-state index in [0.29, 0.717) is 16.8 Å². The first-order valence-electron chi connectivity index (χ1n) is 8.66. The van der Waals surface area contributed by atoms with Gasteiger partial charge in [0.25, 0.3) is 0 Å². The number of hydrogen-bond donors (Lipinski definition) is 1. The summed E-state index contributed by atoms with van der Waals surface area (Å²) in [5.41, 5.74) is 7.79. The molecule has 0 fully saturated rings. The van der Waals surface area contributed by atoms with Crippen LogP contribution in [-0.2, 0) is 4.74 Å². The van der Waals surface area contributed by atoms with Gasteiger partial charge < -0.3 is 19.5 Å². The first kappa shape index (κ1) is 18.1. The Kier molecular flexibility index (Phi) is 4.37. The second-order valence-electron chi connectivity index (χ2n) is 6.30. The summed E-state index contributed by atoms with van der Waals surface area (Å²) in [5.74, 6) is -0.678. The van der Waals surface area contributed by atoms with Crippen LogP contribution in [0.5, 0.6) is 0 Å². The maximum atomic E-state index is 12.8. The topological polar surface area (TPSA) is 111 Å². The second-order valence-corrected chi connectivity index (χ2v) is 6.30. The van der Waals surface area contributed by atoms with Gasteiger partial charge in [-0.05, 0) is 36.4 Å². The van der Waals surface area contributed by atoms with Crippen LogP contribution in [0.3, 0.4) is 0 Å². The Morgan fingerprint density at radius 2 is 1.86 bits per heavy atom. The summed E-state index contributed by atoms with van der Waals surface area (Å²) in [7, 11) is 1.24. The largest absolute Gasteiger partial charge is 0.464 e. The van der Waals surface area contributed by atoms with Gasteiger partial charge in [-0.1, -0.05) is 18.2 Å². The molecule has 0 aliphatic heterocycles. The Bertz CT molecular complexity index is 1260. The number of carbonyl (C=O) groups excluding carboxylic acids is 2. The molecule has 2 N–H and O–H groups in total. The number of ether oxygens (including phenoxy) is 1. The Balaban J connectivity index is 1.71. The number of aromatic nitrogens is 1. The van der Waals surface area contributed by atoms with Crippen molar-refractivity contribution >= 4 is 28.4 Å². The number of nitrogen functional groups attached to an aromatic ring is 1. The van der Waals surface area contributed by atoms with E-state index in [4.69, 9.17) is 14.9 Å². The first-order chi connectivity index (χ1) is 14.0. The molecule has 4 aromatic rings. The number of fused-ring (bicyclic) bond motifs is 1. The number of rotatable bonds is 4. The summed E-state index contributed by atoms with van der Waals surface area (Å²) < 4.78 is 11.9. The van der Waals surface area contributed by atoms with Gasteiger partial charge in [-0.15, -0.1) is 0 Å². The SMILES string of the molecule is COC(=O)c1c(N)c(C#N)cn1-c1ccc(C(=O)c2cc3ccccc3o2)cc1. The molecule has 7 nitrogen and oxygen atoms in total. The highest BCUT2D eigenvalue weighted by Gasteiger charge is 2.22. The number of methoxy groups -OCH3 is 1.